The molecule has 30 heavy (non-hydrogen) atoms. The van der Waals surface area contributed by atoms with Gasteiger partial charge in [0, 0.05) is 10.3 Å². The summed E-state index contributed by atoms with van der Waals surface area (Å²) in [6, 6.07) is 21.3. The summed E-state index contributed by atoms with van der Waals surface area (Å²) in [5, 5.41) is 4.70. The number of fused-ring (bicyclic) bond motifs is 2. The van der Waals surface area contributed by atoms with Crippen molar-refractivity contribution in [2.24, 2.45) is 5.73 Å². The fraction of sp³-hybridized carbons (Fsp3) is 0.174. The first-order valence-electron chi connectivity index (χ1n) is 9.55. The molecule has 3 N–H and O–H groups in total. The Bertz CT molecular complexity index is 1340. The van der Waals surface area contributed by atoms with Crippen molar-refractivity contribution in [3.8, 4) is 0 Å². The van der Waals surface area contributed by atoms with Crippen LogP contribution in [0.3, 0.4) is 0 Å². The van der Waals surface area contributed by atoms with Crippen LogP contribution >= 0.6 is 11.3 Å². The van der Waals surface area contributed by atoms with E-state index in [-0.39, 0.29) is 5.75 Å². The molecule has 0 aliphatic rings. The second-order valence-electron chi connectivity index (χ2n) is 7.44. The van der Waals surface area contributed by atoms with Crippen LogP contribution in [0.25, 0.3) is 20.9 Å². The van der Waals surface area contributed by atoms with Crippen LogP contribution in [0.1, 0.15) is 18.1 Å². The van der Waals surface area contributed by atoms with Crippen molar-refractivity contribution in [3.05, 3.63) is 83.2 Å². The number of carbonyl (C=O) groups excluding carboxylic acids is 1. The van der Waals surface area contributed by atoms with Gasteiger partial charge in [-0.25, -0.2) is 8.42 Å². The first kappa shape index (κ1) is 20.5. The lowest BCUT2D eigenvalue weighted by molar-refractivity contribution is -0.123. The zero-order valence-corrected chi connectivity index (χ0v) is 18.1. The second kappa shape index (κ2) is 7.83. The molecule has 0 aliphatic carbocycles. The van der Waals surface area contributed by atoms with Crippen LogP contribution in [0.5, 0.6) is 0 Å². The van der Waals surface area contributed by atoms with Crippen molar-refractivity contribution in [2.45, 2.75) is 18.9 Å². The lowest BCUT2D eigenvalue weighted by Crippen LogP contribution is -2.53. The van der Waals surface area contributed by atoms with Gasteiger partial charge in [0.2, 0.25) is 15.9 Å². The zero-order chi connectivity index (χ0) is 21.4. The van der Waals surface area contributed by atoms with E-state index in [1.54, 1.807) is 5.38 Å². The van der Waals surface area contributed by atoms with Gasteiger partial charge in [-0.05, 0) is 46.5 Å². The van der Waals surface area contributed by atoms with E-state index in [4.69, 9.17) is 5.73 Å². The minimum absolute atomic E-state index is 0.147. The van der Waals surface area contributed by atoms with E-state index in [0.29, 0.717) is 12.0 Å². The molecule has 4 rings (SSSR count). The van der Waals surface area contributed by atoms with Crippen molar-refractivity contribution < 1.29 is 13.2 Å². The maximum absolute atomic E-state index is 13.0. The standard InChI is InChI=1S/C23H22N2O3S2/c1-23(22(24)26,20-15-29-21-12-5-4-11-19(20)21)25-30(27,28)14-13-17-9-6-8-16-7-2-3-10-18(16)17/h2-12,15,25H,13-14H2,1H3,(H2,24,26)/t23-/m1/s1. The number of hydrogen-bond acceptors (Lipinski definition) is 4. The number of amides is 1. The number of rotatable bonds is 7. The molecule has 0 fully saturated rings. The monoisotopic (exact) mass is 438 g/mol. The summed E-state index contributed by atoms with van der Waals surface area (Å²) in [4.78, 5) is 12.4. The van der Waals surface area contributed by atoms with Gasteiger partial charge in [0.25, 0.3) is 0 Å². The van der Waals surface area contributed by atoms with Gasteiger partial charge in [-0.2, -0.15) is 4.72 Å². The van der Waals surface area contributed by atoms with E-state index in [0.717, 1.165) is 26.4 Å². The summed E-state index contributed by atoms with van der Waals surface area (Å²) in [6.45, 7) is 1.53. The Morgan fingerprint density at radius 2 is 1.67 bits per heavy atom. The molecule has 1 atom stereocenters. The molecule has 1 amide bonds. The minimum atomic E-state index is -3.79. The second-order valence-corrected chi connectivity index (χ2v) is 10.2. The van der Waals surface area contributed by atoms with Gasteiger partial charge in [0.15, 0.2) is 0 Å². The molecule has 0 radical (unpaired) electrons. The number of benzene rings is 3. The van der Waals surface area contributed by atoms with Gasteiger partial charge in [-0.1, -0.05) is 60.7 Å². The molecular formula is C23H22N2O3S2. The van der Waals surface area contributed by atoms with E-state index < -0.39 is 21.5 Å². The molecule has 0 bridgehead atoms. The van der Waals surface area contributed by atoms with Crippen molar-refractivity contribution in [1.82, 2.24) is 4.72 Å². The number of aryl methyl sites for hydroxylation is 1. The fourth-order valence-corrected chi connectivity index (χ4v) is 6.21. The van der Waals surface area contributed by atoms with Gasteiger partial charge in [-0.15, -0.1) is 11.3 Å². The Balaban J connectivity index is 1.62. The van der Waals surface area contributed by atoms with Crippen LogP contribution in [0.4, 0.5) is 0 Å². The molecule has 154 valence electrons. The number of nitrogens with one attached hydrogen (secondary N) is 1. The highest BCUT2D eigenvalue weighted by atomic mass is 32.2. The molecule has 1 heterocycles. The van der Waals surface area contributed by atoms with Crippen LogP contribution in [-0.2, 0) is 26.8 Å². The largest absolute Gasteiger partial charge is 0.368 e. The molecule has 0 saturated heterocycles. The molecule has 0 spiro atoms. The Morgan fingerprint density at radius 3 is 2.43 bits per heavy atom. The third kappa shape index (κ3) is 3.84. The number of sulfonamides is 1. The smallest absolute Gasteiger partial charge is 0.243 e. The Morgan fingerprint density at radius 1 is 1.00 bits per heavy atom. The molecule has 4 aromatic rings. The van der Waals surface area contributed by atoms with Crippen molar-refractivity contribution in [2.75, 3.05) is 5.75 Å². The molecule has 7 heteroatoms. The molecule has 1 aromatic heterocycles. The van der Waals surface area contributed by atoms with Crippen LogP contribution in [0, 0.1) is 0 Å². The van der Waals surface area contributed by atoms with Crippen molar-refractivity contribution >= 4 is 48.1 Å². The zero-order valence-electron chi connectivity index (χ0n) is 16.5. The van der Waals surface area contributed by atoms with Crippen LogP contribution in [-0.4, -0.2) is 20.1 Å². The van der Waals surface area contributed by atoms with E-state index in [1.807, 2.05) is 66.7 Å². The Hall–Kier alpha value is -2.74. The summed E-state index contributed by atoms with van der Waals surface area (Å²) < 4.78 is 29.5. The van der Waals surface area contributed by atoms with Gasteiger partial charge < -0.3 is 5.73 Å². The summed E-state index contributed by atoms with van der Waals surface area (Å²) >= 11 is 1.45. The molecule has 0 unspecified atom stereocenters. The Kier molecular flexibility index (Phi) is 5.36. The topological polar surface area (TPSA) is 89.3 Å². The van der Waals surface area contributed by atoms with E-state index in [9.17, 15) is 13.2 Å². The third-order valence-electron chi connectivity index (χ3n) is 5.39. The summed E-state index contributed by atoms with van der Waals surface area (Å²) in [7, 11) is -3.79. The number of nitrogens with two attached hydrogens (primary N) is 1. The molecule has 3 aromatic carbocycles. The van der Waals surface area contributed by atoms with Gasteiger partial charge in [0.05, 0.1) is 5.75 Å². The van der Waals surface area contributed by atoms with Gasteiger partial charge >= 0.3 is 0 Å². The predicted molar refractivity (Wildman–Crippen MR) is 123 cm³/mol. The van der Waals surface area contributed by atoms with Gasteiger partial charge in [0.1, 0.15) is 5.54 Å². The maximum atomic E-state index is 13.0. The fourth-order valence-electron chi connectivity index (χ4n) is 3.72. The predicted octanol–water partition coefficient (Wildman–Crippen LogP) is 3.92. The number of primary amides is 1. The Labute approximate surface area is 179 Å². The normalized spacial score (nSPS) is 14.0. The number of hydrogen-bond donors (Lipinski definition) is 2. The van der Waals surface area contributed by atoms with Crippen molar-refractivity contribution in [3.63, 3.8) is 0 Å². The van der Waals surface area contributed by atoms with E-state index in [1.165, 1.54) is 18.3 Å². The minimum Gasteiger partial charge on any atom is -0.368 e. The number of carbonyl (C=O) groups is 1. The lowest BCUT2D eigenvalue weighted by Gasteiger charge is -2.27. The quantitative estimate of drug-likeness (QED) is 0.458. The first-order chi connectivity index (χ1) is 14.3. The van der Waals surface area contributed by atoms with E-state index in [2.05, 4.69) is 4.72 Å². The highest BCUT2D eigenvalue weighted by Gasteiger charge is 2.39. The molecule has 5 nitrogen and oxygen atoms in total. The summed E-state index contributed by atoms with van der Waals surface area (Å²) in [5.41, 5.74) is 5.67. The summed E-state index contributed by atoms with van der Waals surface area (Å²) in [6.07, 6.45) is 0.329. The van der Waals surface area contributed by atoms with Crippen molar-refractivity contribution in [1.29, 1.82) is 0 Å². The van der Waals surface area contributed by atoms with Crippen LogP contribution in [0.15, 0.2) is 72.1 Å². The molecular weight excluding hydrogens is 416 g/mol. The molecule has 0 saturated carbocycles. The lowest BCUT2D eigenvalue weighted by atomic mass is 9.92. The van der Waals surface area contributed by atoms with Crippen LogP contribution in [0.2, 0.25) is 0 Å². The SMILES string of the molecule is C[C@](NS(=O)(=O)CCc1cccc2ccccc12)(C(N)=O)c1csc2ccccc12. The van der Waals surface area contributed by atoms with Gasteiger partial charge in [-0.3, -0.25) is 4.79 Å². The third-order valence-corrected chi connectivity index (χ3v) is 7.82. The molecule has 0 aliphatic heterocycles. The first-order valence-corrected chi connectivity index (χ1v) is 12.1. The summed E-state index contributed by atoms with van der Waals surface area (Å²) in [5.74, 6) is -0.883. The van der Waals surface area contributed by atoms with Crippen LogP contribution < -0.4 is 10.5 Å². The maximum Gasteiger partial charge on any atom is 0.243 e. The highest BCUT2D eigenvalue weighted by Crippen LogP contribution is 2.34. The van der Waals surface area contributed by atoms with E-state index >= 15 is 0 Å². The average Bonchev–Trinajstić information content (AvgIpc) is 3.16. The average molecular weight is 439 g/mol. The number of thiophene rings is 1. The highest BCUT2D eigenvalue weighted by molar-refractivity contribution is 7.89.